The third-order valence-corrected chi connectivity index (χ3v) is 3.27. The maximum atomic E-state index is 13.2. The maximum Gasteiger partial charge on any atom is 0.227 e. The molecule has 1 atom stereocenters. The normalized spacial score (nSPS) is 15.4. The molecule has 1 unspecified atom stereocenters. The van der Waals surface area contributed by atoms with Gasteiger partial charge in [0.2, 0.25) is 5.91 Å². The Bertz CT molecular complexity index is 451. The molecule has 1 aliphatic heterocycles. The van der Waals surface area contributed by atoms with E-state index in [0.29, 0.717) is 12.8 Å². The van der Waals surface area contributed by atoms with Gasteiger partial charge < -0.3 is 10.6 Å². The van der Waals surface area contributed by atoms with Crippen LogP contribution in [0.25, 0.3) is 0 Å². The van der Waals surface area contributed by atoms with E-state index in [4.69, 9.17) is 5.73 Å². The lowest BCUT2D eigenvalue weighted by atomic mass is 10.0. The van der Waals surface area contributed by atoms with Gasteiger partial charge in [0.05, 0.1) is 0 Å². The largest absolute Gasteiger partial charge is 0.328 e. The summed E-state index contributed by atoms with van der Waals surface area (Å²) in [4.78, 5) is 13.9. The SMILES string of the molecule is CC(N)CCC(=O)N1CCCc2cc(F)ccc21.Cl. The van der Waals surface area contributed by atoms with E-state index in [1.807, 2.05) is 6.92 Å². The van der Waals surface area contributed by atoms with Crippen LogP contribution < -0.4 is 10.6 Å². The molecule has 19 heavy (non-hydrogen) atoms. The first-order valence-corrected chi connectivity index (χ1v) is 6.42. The molecular formula is C14H20ClFN2O. The third kappa shape index (κ3) is 3.91. The fourth-order valence-corrected chi connectivity index (χ4v) is 2.31. The summed E-state index contributed by atoms with van der Waals surface area (Å²) in [6.45, 7) is 2.61. The van der Waals surface area contributed by atoms with Gasteiger partial charge in [0, 0.05) is 24.7 Å². The molecule has 1 amide bonds. The quantitative estimate of drug-likeness (QED) is 0.928. The van der Waals surface area contributed by atoms with Gasteiger partial charge in [0.1, 0.15) is 5.82 Å². The van der Waals surface area contributed by atoms with Gasteiger partial charge in [-0.3, -0.25) is 4.79 Å². The van der Waals surface area contributed by atoms with Crippen molar-refractivity contribution >= 4 is 24.0 Å². The zero-order valence-corrected chi connectivity index (χ0v) is 11.9. The highest BCUT2D eigenvalue weighted by Crippen LogP contribution is 2.28. The minimum atomic E-state index is -0.237. The van der Waals surface area contributed by atoms with Crippen molar-refractivity contribution in [2.75, 3.05) is 11.4 Å². The summed E-state index contributed by atoms with van der Waals surface area (Å²) in [7, 11) is 0. The molecule has 5 heteroatoms. The number of aryl methyl sites for hydroxylation is 1. The van der Waals surface area contributed by atoms with E-state index >= 15 is 0 Å². The Morgan fingerprint density at radius 2 is 2.26 bits per heavy atom. The van der Waals surface area contributed by atoms with Crippen LogP contribution in [0.2, 0.25) is 0 Å². The van der Waals surface area contributed by atoms with Crippen LogP contribution in [0, 0.1) is 5.82 Å². The average Bonchev–Trinajstić information content (AvgIpc) is 2.34. The molecule has 1 aromatic carbocycles. The lowest BCUT2D eigenvalue weighted by Crippen LogP contribution is -2.36. The van der Waals surface area contributed by atoms with Crippen molar-refractivity contribution < 1.29 is 9.18 Å². The van der Waals surface area contributed by atoms with Crippen LogP contribution in [-0.2, 0) is 11.2 Å². The predicted molar refractivity (Wildman–Crippen MR) is 77.2 cm³/mol. The molecule has 0 aliphatic carbocycles. The van der Waals surface area contributed by atoms with E-state index < -0.39 is 0 Å². The highest BCUT2D eigenvalue weighted by molar-refractivity contribution is 5.94. The highest BCUT2D eigenvalue weighted by Gasteiger charge is 2.22. The van der Waals surface area contributed by atoms with E-state index in [2.05, 4.69) is 0 Å². The van der Waals surface area contributed by atoms with Crippen LogP contribution in [-0.4, -0.2) is 18.5 Å². The van der Waals surface area contributed by atoms with E-state index in [1.165, 1.54) is 12.1 Å². The minimum Gasteiger partial charge on any atom is -0.328 e. The Morgan fingerprint density at radius 3 is 2.95 bits per heavy atom. The molecule has 0 saturated carbocycles. The number of halogens is 2. The molecular weight excluding hydrogens is 267 g/mol. The first kappa shape index (κ1) is 15.9. The molecule has 0 radical (unpaired) electrons. The van der Waals surface area contributed by atoms with Crippen LogP contribution in [0.1, 0.15) is 31.7 Å². The number of anilines is 1. The van der Waals surface area contributed by atoms with Crippen LogP contribution in [0.5, 0.6) is 0 Å². The summed E-state index contributed by atoms with van der Waals surface area (Å²) in [6, 6.07) is 4.68. The zero-order valence-electron chi connectivity index (χ0n) is 11.1. The van der Waals surface area contributed by atoms with Crippen molar-refractivity contribution in [2.24, 2.45) is 5.73 Å². The molecule has 0 bridgehead atoms. The number of nitrogens with zero attached hydrogens (tertiary/aromatic N) is 1. The Labute approximate surface area is 119 Å². The number of carbonyl (C=O) groups excluding carboxylic acids is 1. The topological polar surface area (TPSA) is 46.3 Å². The van der Waals surface area contributed by atoms with Crippen molar-refractivity contribution in [3.05, 3.63) is 29.6 Å². The fraction of sp³-hybridized carbons (Fsp3) is 0.500. The number of hydrogen-bond acceptors (Lipinski definition) is 2. The van der Waals surface area contributed by atoms with Gasteiger partial charge in [0.25, 0.3) is 0 Å². The van der Waals surface area contributed by atoms with Crippen molar-refractivity contribution in [1.82, 2.24) is 0 Å². The highest BCUT2D eigenvalue weighted by atomic mass is 35.5. The Hall–Kier alpha value is -1.13. The van der Waals surface area contributed by atoms with Gasteiger partial charge in [-0.2, -0.15) is 0 Å². The van der Waals surface area contributed by atoms with Gasteiger partial charge in [-0.05, 0) is 49.9 Å². The van der Waals surface area contributed by atoms with Crippen molar-refractivity contribution in [1.29, 1.82) is 0 Å². The number of carbonyl (C=O) groups is 1. The molecule has 1 heterocycles. The fourth-order valence-electron chi connectivity index (χ4n) is 2.31. The van der Waals surface area contributed by atoms with Crippen LogP contribution in [0.4, 0.5) is 10.1 Å². The molecule has 106 valence electrons. The summed E-state index contributed by atoms with van der Waals surface area (Å²) in [5, 5.41) is 0. The Morgan fingerprint density at radius 1 is 1.53 bits per heavy atom. The zero-order chi connectivity index (χ0) is 13.1. The molecule has 1 aliphatic rings. The molecule has 0 spiro atoms. The summed E-state index contributed by atoms with van der Waals surface area (Å²) in [6.07, 6.45) is 2.87. The summed E-state index contributed by atoms with van der Waals surface area (Å²) in [5.74, 6) is -0.154. The van der Waals surface area contributed by atoms with Crippen molar-refractivity contribution in [3.63, 3.8) is 0 Å². The second-order valence-electron chi connectivity index (χ2n) is 4.94. The van der Waals surface area contributed by atoms with E-state index in [9.17, 15) is 9.18 Å². The monoisotopic (exact) mass is 286 g/mol. The lowest BCUT2D eigenvalue weighted by Gasteiger charge is -2.29. The minimum absolute atomic E-state index is 0. The number of fused-ring (bicyclic) bond motifs is 1. The van der Waals surface area contributed by atoms with E-state index in [1.54, 1.807) is 11.0 Å². The van der Waals surface area contributed by atoms with E-state index in [-0.39, 0.29) is 30.2 Å². The van der Waals surface area contributed by atoms with Crippen LogP contribution in [0.15, 0.2) is 18.2 Å². The molecule has 1 aromatic rings. The standard InChI is InChI=1S/C14H19FN2O.ClH/c1-10(16)4-7-14(18)17-8-2-3-11-9-12(15)5-6-13(11)17;/h5-6,9-10H,2-4,7-8,16H2,1H3;1H. The van der Waals surface area contributed by atoms with Gasteiger partial charge >= 0.3 is 0 Å². The van der Waals surface area contributed by atoms with Gasteiger partial charge in [-0.25, -0.2) is 4.39 Å². The molecule has 0 saturated heterocycles. The van der Waals surface area contributed by atoms with Gasteiger partial charge in [-0.1, -0.05) is 0 Å². The Kier molecular flexibility index (Phi) is 5.76. The molecule has 3 nitrogen and oxygen atoms in total. The van der Waals surface area contributed by atoms with Gasteiger partial charge in [0.15, 0.2) is 0 Å². The molecule has 0 aromatic heterocycles. The Balaban J connectivity index is 0.00000180. The second-order valence-corrected chi connectivity index (χ2v) is 4.94. The number of nitrogens with two attached hydrogens (primary N) is 1. The average molecular weight is 287 g/mol. The molecule has 2 N–H and O–H groups in total. The second kappa shape index (κ2) is 6.87. The first-order valence-electron chi connectivity index (χ1n) is 6.42. The summed E-state index contributed by atoms with van der Waals surface area (Å²) < 4.78 is 13.2. The lowest BCUT2D eigenvalue weighted by molar-refractivity contribution is -0.118. The summed E-state index contributed by atoms with van der Waals surface area (Å²) >= 11 is 0. The van der Waals surface area contributed by atoms with Crippen molar-refractivity contribution in [3.8, 4) is 0 Å². The van der Waals surface area contributed by atoms with Crippen LogP contribution in [0.3, 0.4) is 0 Å². The van der Waals surface area contributed by atoms with Crippen LogP contribution >= 0.6 is 12.4 Å². The number of benzene rings is 1. The van der Waals surface area contributed by atoms with Gasteiger partial charge in [-0.15, -0.1) is 12.4 Å². The number of rotatable bonds is 3. The number of hydrogen-bond donors (Lipinski definition) is 1. The van der Waals surface area contributed by atoms with Crippen molar-refractivity contribution in [2.45, 2.75) is 38.6 Å². The number of amides is 1. The first-order chi connectivity index (χ1) is 8.58. The third-order valence-electron chi connectivity index (χ3n) is 3.27. The molecule has 0 fully saturated rings. The smallest absolute Gasteiger partial charge is 0.227 e. The van der Waals surface area contributed by atoms with E-state index in [0.717, 1.165) is 30.6 Å². The maximum absolute atomic E-state index is 13.2. The predicted octanol–water partition coefficient (Wildman–Crippen LogP) is 2.65. The summed E-state index contributed by atoms with van der Waals surface area (Å²) in [5.41, 5.74) is 7.45. The molecule has 2 rings (SSSR count).